The molecule has 0 bridgehead atoms. The Labute approximate surface area is 83.1 Å². The molecule has 0 saturated heterocycles. The van der Waals surface area contributed by atoms with E-state index in [-0.39, 0.29) is 17.0 Å². The van der Waals surface area contributed by atoms with Crippen LogP contribution in [0, 0.1) is 6.92 Å². The molecule has 0 radical (unpaired) electrons. The van der Waals surface area contributed by atoms with Gasteiger partial charge in [-0.05, 0) is 6.92 Å². The van der Waals surface area contributed by atoms with Gasteiger partial charge >= 0.3 is 0 Å². The summed E-state index contributed by atoms with van der Waals surface area (Å²) in [5, 5.41) is 11.1. The minimum atomic E-state index is -0.347. The summed E-state index contributed by atoms with van der Waals surface area (Å²) in [6.07, 6.45) is 0. The van der Waals surface area contributed by atoms with Crippen LogP contribution < -0.4 is 5.56 Å². The standard InChI is InChI=1S/C8H7N3O2S/c1-4-7(12)10-6(11-8(4)13)5-2-14-3-9-5/h2-3H,1H3,(H2,10,11,12,13). The van der Waals surface area contributed by atoms with Crippen molar-refractivity contribution < 1.29 is 5.11 Å². The minimum absolute atomic E-state index is 0.212. The fourth-order valence-corrected chi connectivity index (χ4v) is 1.51. The summed E-state index contributed by atoms with van der Waals surface area (Å²) in [5.74, 6) is 0.0381. The molecule has 14 heavy (non-hydrogen) atoms. The van der Waals surface area contributed by atoms with Gasteiger partial charge in [-0.15, -0.1) is 11.3 Å². The highest BCUT2D eigenvalue weighted by Crippen LogP contribution is 2.16. The van der Waals surface area contributed by atoms with E-state index in [0.29, 0.717) is 11.5 Å². The van der Waals surface area contributed by atoms with Gasteiger partial charge in [-0.25, -0.2) is 4.98 Å². The van der Waals surface area contributed by atoms with Crippen molar-refractivity contribution >= 4 is 11.3 Å². The van der Waals surface area contributed by atoms with Crippen molar-refractivity contribution in [3.63, 3.8) is 0 Å². The molecule has 0 aliphatic rings. The highest BCUT2D eigenvalue weighted by atomic mass is 32.1. The Kier molecular flexibility index (Phi) is 2.05. The predicted molar refractivity (Wildman–Crippen MR) is 52.4 cm³/mol. The van der Waals surface area contributed by atoms with E-state index in [0.717, 1.165) is 0 Å². The molecule has 72 valence electrons. The smallest absolute Gasteiger partial charge is 0.257 e. The maximum absolute atomic E-state index is 11.3. The van der Waals surface area contributed by atoms with Crippen LogP contribution in [0.2, 0.25) is 0 Å². The van der Waals surface area contributed by atoms with E-state index in [2.05, 4.69) is 15.0 Å². The van der Waals surface area contributed by atoms with E-state index in [1.54, 1.807) is 10.9 Å². The lowest BCUT2D eigenvalue weighted by Crippen LogP contribution is -2.12. The van der Waals surface area contributed by atoms with Gasteiger partial charge in [0.15, 0.2) is 5.82 Å². The number of thiazole rings is 1. The first-order valence-corrected chi connectivity index (χ1v) is 4.81. The Morgan fingerprint density at radius 1 is 1.57 bits per heavy atom. The Bertz CT molecular complexity index is 504. The molecule has 6 heteroatoms. The van der Waals surface area contributed by atoms with Crippen LogP contribution in [0.15, 0.2) is 15.7 Å². The van der Waals surface area contributed by atoms with Crippen LogP contribution in [0.5, 0.6) is 5.88 Å². The molecule has 0 fully saturated rings. The second-order valence-electron chi connectivity index (χ2n) is 2.74. The number of rotatable bonds is 1. The zero-order valence-corrected chi connectivity index (χ0v) is 8.13. The number of aromatic hydroxyl groups is 1. The molecule has 0 aromatic carbocycles. The predicted octanol–water partition coefficient (Wildman–Crippen LogP) is 0.907. The summed E-state index contributed by atoms with van der Waals surface area (Å²) in [7, 11) is 0. The van der Waals surface area contributed by atoms with Gasteiger partial charge in [-0.3, -0.25) is 4.79 Å². The van der Waals surface area contributed by atoms with Crippen LogP contribution in [-0.4, -0.2) is 20.1 Å². The van der Waals surface area contributed by atoms with Crippen LogP contribution in [0.3, 0.4) is 0 Å². The molecule has 0 atom stereocenters. The second-order valence-corrected chi connectivity index (χ2v) is 3.46. The molecule has 0 aliphatic carbocycles. The Hall–Kier alpha value is -1.69. The molecule has 2 rings (SSSR count). The summed E-state index contributed by atoms with van der Waals surface area (Å²) < 4.78 is 0. The summed E-state index contributed by atoms with van der Waals surface area (Å²) in [5.41, 5.74) is 2.05. The highest BCUT2D eigenvalue weighted by Gasteiger charge is 2.08. The number of nitrogens with zero attached hydrogens (tertiary/aromatic N) is 2. The van der Waals surface area contributed by atoms with Crippen molar-refractivity contribution in [2.45, 2.75) is 6.92 Å². The van der Waals surface area contributed by atoms with Gasteiger partial charge in [0.05, 0.1) is 11.1 Å². The SMILES string of the molecule is Cc1c(O)nc(-c2cscn2)[nH]c1=O. The molecule has 5 nitrogen and oxygen atoms in total. The van der Waals surface area contributed by atoms with Crippen molar-refractivity contribution in [1.29, 1.82) is 0 Å². The zero-order chi connectivity index (χ0) is 10.1. The number of hydrogen-bond donors (Lipinski definition) is 2. The Balaban J connectivity index is 2.63. The van der Waals surface area contributed by atoms with Gasteiger partial charge in [0, 0.05) is 5.38 Å². The molecular weight excluding hydrogens is 202 g/mol. The van der Waals surface area contributed by atoms with E-state index >= 15 is 0 Å². The molecular formula is C8H7N3O2S. The van der Waals surface area contributed by atoms with Gasteiger partial charge in [-0.1, -0.05) is 0 Å². The Morgan fingerprint density at radius 2 is 2.36 bits per heavy atom. The van der Waals surface area contributed by atoms with Gasteiger partial charge in [0.25, 0.3) is 5.56 Å². The van der Waals surface area contributed by atoms with E-state index in [9.17, 15) is 9.90 Å². The largest absolute Gasteiger partial charge is 0.493 e. The molecule has 2 N–H and O–H groups in total. The minimum Gasteiger partial charge on any atom is -0.493 e. The lowest BCUT2D eigenvalue weighted by molar-refractivity contribution is 0.447. The highest BCUT2D eigenvalue weighted by molar-refractivity contribution is 7.07. The van der Waals surface area contributed by atoms with Crippen LogP contribution in [-0.2, 0) is 0 Å². The number of aromatic amines is 1. The quantitative estimate of drug-likeness (QED) is 0.731. The molecule has 2 aromatic rings. The normalized spacial score (nSPS) is 10.4. The lowest BCUT2D eigenvalue weighted by Gasteiger charge is -1.99. The van der Waals surface area contributed by atoms with Crippen molar-refractivity contribution in [2.24, 2.45) is 0 Å². The van der Waals surface area contributed by atoms with E-state index < -0.39 is 0 Å². The number of nitrogens with one attached hydrogen (secondary N) is 1. The fraction of sp³-hybridized carbons (Fsp3) is 0.125. The monoisotopic (exact) mass is 209 g/mol. The number of hydrogen-bond acceptors (Lipinski definition) is 5. The maximum Gasteiger partial charge on any atom is 0.257 e. The molecule has 2 aromatic heterocycles. The molecule has 0 spiro atoms. The van der Waals surface area contributed by atoms with Gasteiger partial charge in [0.1, 0.15) is 5.69 Å². The molecule has 0 unspecified atom stereocenters. The summed E-state index contributed by atoms with van der Waals surface area (Å²) >= 11 is 1.40. The first-order chi connectivity index (χ1) is 6.68. The van der Waals surface area contributed by atoms with Crippen molar-refractivity contribution in [2.75, 3.05) is 0 Å². The first kappa shape index (κ1) is 8.89. The van der Waals surface area contributed by atoms with Crippen LogP contribution in [0.25, 0.3) is 11.5 Å². The third-order valence-corrected chi connectivity index (χ3v) is 2.39. The van der Waals surface area contributed by atoms with Gasteiger partial charge < -0.3 is 10.1 Å². The third-order valence-electron chi connectivity index (χ3n) is 1.80. The topological polar surface area (TPSA) is 78.9 Å². The van der Waals surface area contributed by atoms with Gasteiger partial charge in [0.2, 0.25) is 5.88 Å². The summed E-state index contributed by atoms with van der Waals surface area (Å²) in [4.78, 5) is 21.6. The van der Waals surface area contributed by atoms with Crippen LogP contribution >= 0.6 is 11.3 Å². The fourth-order valence-electron chi connectivity index (χ4n) is 0.971. The van der Waals surface area contributed by atoms with Gasteiger partial charge in [-0.2, -0.15) is 4.98 Å². The molecule has 2 heterocycles. The van der Waals surface area contributed by atoms with Crippen molar-refractivity contribution in [3.8, 4) is 17.4 Å². The van der Waals surface area contributed by atoms with Crippen LogP contribution in [0.4, 0.5) is 0 Å². The first-order valence-electron chi connectivity index (χ1n) is 3.87. The zero-order valence-electron chi connectivity index (χ0n) is 7.31. The second kappa shape index (κ2) is 3.22. The third kappa shape index (κ3) is 1.39. The Morgan fingerprint density at radius 3 is 2.93 bits per heavy atom. The van der Waals surface area contributed by atoms with Crippen molar-refractivity contribution in [3.05, 3.63) is 26.8 Å². The van der Waals surface area contributed by atoms with E-state index in [1.165, 1.54) is 18.3 Å². The molecule has 0 aliphatic heterocycles. The summed E-state index contributed by atoms with van der Waals surface area (Å²) in [6, 6.07) is 0. The van der Waals surface area contributed by atoms with E-state index in [1.807, 2.05) is 0 Å². The average Bonchev–Trinajstić information content (AvgIpc) is 2.66. The molecule has 0 amide bonds. The molecule has 0 saturated carbocycles. The van der Waals surface area contributed by atoms with Crippen LogP contribution in [0.1, 0.15) is 5.56 Å². The van der Waals surface area contributed by atoms with E-state index in [4.69, 9.17) is 0 Å². The average molecular weight is 209 g/mol. The summed E-state index contributed by atoms with van der Waals surface area (Å²) in [6.45, 7) is 1.51. The number of H-pyrrole nitrogens is 1. The number of aromatic nitrogens is 3. The lowest BCUT2D eigenvalue weighted by atomic mass is 10.3. The van der Waals surface area contributed by atoms with Crippen molar-refractivity contribution in [1.82, 2.24) is 15.0 Å². The maximum atomic E-state index is 11.3.